The molecule has 0 amide bonds. The Hall–Kier alpha value is -1.54. The zero-order valence-corrected chi connectivity index (χ0v) is 9.70. The van der Waals surface area contributed by atoms with Crippen molar-refractivity contribution in [2.45, 2.75) is 16.4 Å². The summed E-state index contributed by atoms with van der Waals surface area (Å²) < 4.78 is 40.9. The molecule has 1 aromatic heterocycles. The van der Waals surface area contributed by atoms with Gasteiger partial charge in [-0.15, -0.1) is 0 Å². The molecule has 1 atom stereocenters. The van der Waals surface area contributed by atoms with Crippen molar-refractivity contribution in [2.75, 3.05) is 0 Å². The van der Waals surface area contributed by atoms with Crippen LogP contribution in [0.5, 0.6) is 0 Å². The van der Waals surface area contributed by atoms with Crippen LogP contribution >= 0.6 is 11.8 Å². The SMILES string of the molecule is NC(c1ccc(SC(F)(F)F)cc1)c1ncon1. The first-order valence-electron chi connectivity index (χ1n) is 4.83. The van der Waals surface area contributed by atoms with E-state index in [1.54, 1.807) is 0 Å². The van der Waals surface area contributed by atoms with Crippen LogP contribution in [0.25, 0.3) is 0 Å². The second-order valence-corrected chi connectivity index (χ2v) is 4.52. The fourth-order valence-electron chi connectivity index (χ4n) is 1.34. The maximum Gasteiger partial charge on any atom is 0.446 e. The molecule has 1 unspecified atom stereocenters. The maximum atomic E-state index is 12.1. The lowest BCUT2D eigenvalue weighted by Gasteiger charge is -2.09. The number of aromatic nitrogens is 2. The Labute approximate surface area is 104 Å². The summed E-state index contributed by atoms with van der Waals surface area (Å²) >= 11 is -0.172. The molecule has 0 saturated carbocycles. The van der Waals surface area contributed by atoms with E-state index in [0.29, 0.717) is 5.56 Å². The van der Waals surface area contributed by atoms with Crippen LogP contribution < -0.4 is 5.73 Å². The van der Waals surface area contributed by atoms with Crippen molar-refractivity contribution in [1.29, 1.82) is 0 Å². The van der Waals surface area contributed by atoms with Crippen LogP contribution in [0.2, 0.25) is 0 Å². The molecule has 0 spiro atoms. The van der Waals surface area contributed by atoms with Gasteiger partial charge in [0.25, 0.3) is 0 Å². The van der Waals surface area contributed by atoms with E-state index < -0.39 is 11.6 Å². The fraction of sp³-hybridized carbons (Fsp3) is 0.200. The summed E-state index contributed by atoms with van der Waals surface area (Å²) in [5.74, 6) is 0.284. The van der Waals surface area contributed by atoms with Crippen molar-refractivity contribution >= 4 is 11.8 Å². The number of thioether (sulfide) groups is 1. The summed E-state index contributed by atoms with van der Waals surface area (Å²) in [6, 6.07) is 5.11. The Morgan fingerprint density at radius 1 is 1.22 bits per heavy atom. The molecule has 18 heavy (non-hydrogen) atoms. The topological polar surface area (TPSA) is 64.9 Å². The fourth-order valence-corrected chi connectivity index (χ4v) is 1.88. The molecular formula is C10H8F3N3OS. The molecule has 0 bridgehead atoms. The zero-order chi connectivity index (χ0) is 13.2. The van der Waals surface area contributed by atoms with Crippen molar-refractivity contribution in [3.63, 3.8) is 0 Å². The third kappa shape index (κ3) is 3.23. The normalized spacial score (nSPS) is 13.6. The van der Waals surface area contributed by atoms with Gasteiger partial charge < -0.3 is 10.3 Å². The van der Waals surface area contributed by atoms with Crippen LogP contribution in [0.3, 0.4) is 0 Å². The highest BCUT2D eigenvalue weighted by Gasteiger charge is 2.29. The van der Waals surface area contributed by atoms with Gasteiger partial charge in [0.1, 0.15) is 0 Å². The predicted molar refractivity (Wildman–Crippen MR) is 58.7 cm³/mol. The van der Waals surface area contributed by atoms with Crippen molar-refractivity contribution in [2.24, 2.45) is 5.73 Å². The Balaban J connectivity index is 2.13. The summed E-state index contributed by atoms with van der Waals surface area (Å²) in [7, 11) is 0. The van der Waals surface area contributed by atoms with Gasteiger partial charge >= 0.3 is 5.51 Å². The van der Waals surface area contributed by atoms with E-state index in [2.05, 4.69) is 14.7 Å². The van der Waals surface area contributed by atoms with Crippen molar-refractivity contribution < 1.29 is 17.7 Å². The molecule has 2 N–H and O–H groups in total. The van der Waals surface area contributed by atoms with Crippen molar-refractivity contribution in [3.05, 3.63) is 42.0 Å². The largest absolute Gasteiger partial charge is 0.446 e. The smallest absolute Gasteiger partial charge is 0.343 e. The molecule has 0 aliphatic rings. The highest BCUT2D eigenvalue weighted by molar-refractivity contribution is 8.00. The minimum Gasteiger partial charge on any atom is -0.343 e. The zero-order valence-electron chi connectivity index (χ0n) is 8.89. The first kappa shape index (κ1) is 12.9. The number of alkyl halides is 3. The average Bonchev–Trinajstić information content (AvgIpc) is 2.80. The van der Waals surface area contributed by atoms with Gasteiger partial charge in [0.15, 0.2) is 5.82 Å². The minimum absolute atomic E-state index is 0.103. The third-order valence-electron chi connectivity index (χ3n) is 2.13. The summed E-state index contributed by atoms with van der Waals surface area (Å²) in [5, 5.41) is 3.58. The molecule has 1 heterocycles. The third-order valence-corrected chi connectivity index (χ3v) is 2.87. The van der Waals surface area contributed by atoms with Crippen molar-refractivity contribution in [1.82, 2.24) is 10.1 Å². The second-order valence-electron chi connectivity index (χ2n) is 3.38. The number of halogens is 3. The highest BCUT2D eigenvalue weighted by Crippen LogP contribution is 2.37. The Kier molecular flexibility index (Phi) is 3.58. The van der Waals surface area contributed by atoms with E-state index in [-0.39, 0.29) is 22.5 Å². The molecule has 0 radical (unpaired) electrons. The molecule has 96 valence electrons. The van der Waals surface area contributed by atoms with Gasteiger partial charge in [-0.2, -0.15) is 18.2 Å². The van der Waals surface area contributed by atoms with E-state index in [1.165, 1.54) is 24.3 Å². The van der Waals surface area contributed by atoms with Crippen molar-refractivity contribution in [3.8, 4) is 0 Å². The number of hydrogen-bond donors (Lipinski definition) is 1. The molecule has 1 aromatic carbocycles. The lowest BCUT2D eigenvalue weighted by molar-refractivity contribution is -0.0328. The van der Waals surface area contributed by atoms with Crippen LogP contribution in [0.15, 0.2) is 40.1 Å². The Morgan fingerprint density at radius 3 is 2.39 bits per heavy atom. The standard InChI is InChI=1S/C10H8F3N3OS/c11-10(12,13)18-7-3-1-6(2-4-7)8(14)9-15-5-17-16-9/h1-5,8H,14H2. The number of rotatable bonds is 3. The molecule has 8 heteroatoms. The average molecular weight is 275 g/mol. The molecule has 0 aliphatic carbocycles. The predicted octanol–water partition coefficient (Wildman–Crippen LogP) is 2.73. The first-order valence-corrected chi connectivity index (χ1v) is 5.65. The monoisotopic (exact) mass is 275 g/mol. The molecular weight excluding hydrogens is 267 g/mol. The van der Waals surface area contributed by atoms with Gasteiger partial charge in [-0.3, -0.25) is 0 Å². The Morgan fingerprint density at radius 2 is 1.89 bits per heavy atom. The molecule has 2 rings (SSSR count). The number of hydrogen-bond acceptors (Lipinski definition) is 5. The summed E-state index contributed by atoms with van der Waals surface area (Å²) in [6.45, 7) is 0. The quantitative estimate of drug-likeness (QED) is 0.872. The number of nitrogens with zero attached hydrogens (tertiary/aromatic N) is 2. The molecule has 2 aromatic rings. The van der Waals surface area contributed by atoms with E-state index >= 15 is 0 Å². The molecule has 4 nitrogen and oxygen atoms in total. The van der Waals surface area contributed by atoms with E-state index in [1.807, 2.05) is 0 Å². The summed E-state index contributed by atoms with van der Waals surface area (Å²) in [5.41, 5.74) is 2.14. The number of benzene rings is 1. The summed E-state index contributed by atoms with van der Waals surface area (Å²) in [6.07, 6.45) is 1.14. The van der Waals surface area contributed by atoms with Crippen LogP contribution in [0.1, 0.15) is 17.4 Å². The van der Waals surface area contributed by atoms with Crippen LogP contribution in [0, 0.1) is 0 Å². The van der Waals surface area contributed by atoms with Crippen LogP contribution in [0.4, 0.5) is 13.2 Å². The van der Waals surface area contributed by atoms with Gasteiger partial charge in [0.05, 0.1) is 6.04 Å². The van der Waals surface area contributed by atoms with Crippen LogP contribution in [-0.4, -0.2) is 15.6 Å². The van der Waals surface area contributed by atoms with Gasteiger partial charge in [-0.05, 0) is 29.5 Å². The second kappa shape index (κ2) is 4.99. The van der Waals surface area contributed by atoms with Crippen LogP contribution in [-0.2, 0) is 0 Å². The van der Waals surface area contributed by atoms with Gasteiger partial charge in [0, 0.05) is 4.90 Å². The molecule has 0 aliphatic heterocycles. The van der Waals surface area contributed by atoms with Gasteiger partial charge in [-0.1, -0.05) is 17.3 Å². The minimum atomic E-state index is -4.29. The van der Waals surface area contributed by atoms with E-state index in [0.717, 1.165) is 6.39 Å². The highest BCUT2D eigenvalue weighted by atomic mass is 32.2. The molecule has 0 fully saturated rings. The maximum absolute atomic E-state index is 12.1. The lowest BCUT2D eigenvalue weighted by atomic mass is 10.1. The van der Waals surface area contributed by atoms with Gasteiger partial charge in [0.2, 0.25) is 6.39 Å². The Bertz CT molecular complexity index is 498. The molecule has 0 saturated heterocycles. The summed E-state index contributed by atoms with van der Waals surface area (Å²) in [4.78, 5) is 3.89. The first-order chi connectivity index (χ1) is 8.46. The lowest BCUT2D eigenvalue weighted by Crippen LogP contribution is -2.13. The van der Waals surface area contributed by atoms with E-state index in [4.69, 9.17) is 5.73 Å². The van der Waals surface area contributed by atoms with Gasteiger partial charge in [-0.25, -0.2) is 0 Å². The number of nitrogens with two attached hydrogens (primary N) is 1. The van der Waals surface area contributed by atoms with E-state index in [9.17, 15) is 13.2 Å².